The monoisotopic (exact) mass is 413 g/mol. The molecule has 4 heteroatoms. The Bertz CT molecular complexity index is 811. The van der Waals surface area contributed by atoms with E-state index in [-0.39, 0.29) is 23.2 Å². The summed E-state index contributed by atoms with van der Waals surface area (Å²) in [5.74, 6) is 1.47. The number of anilines is 1. The quantitative estimate of drug-likeness (QED) is 0.451. The van der Waals surface area contributed by atoms with Gasteiger partial charge in [0.1, 0.15) is 5.82 Å². The highest BCUT2D eigenvalue weighted by molar-refractivity contribution is 5.99. The molecule has 3 rings (SSSR count). The van der Waals surface area contributed by atoms with Gasteiger partial charge in [0.05, 0.1) is 6.10 Å². The normalized spacial score (nSPS) is 31.2. The molecular formula is C26H36FNO2. The zero-order valence-electron chi connectivity index (χ0n) is 18.7. The molecule has 0 aliphatic heterocycles. The van der Waals surface area contributed by atoms with Gasteiger partial charge in [-0.3, -0.25) is 4.79 Å². The van der Waals surface area contributed by atoms with Crippen LogP contribution >= 0.6 is 0 Å². The van der Waals surface area contributed by atoms with Gasteiger partial charge in [-0.15, -0.1) is 0 Å². The average molecular weight is 414 g/mol. The number of carbonyl (C=O) groups excluding carboxylic acids is 1. The van der Waals surface area contributed by atoms with E-state index >= 15 is 0 Å². The number of allylic oxidation sites excluding steroid dienone is 2. The largest absolute Gasteiger partial charge is 0.393 e. The number of benzene rings is 1. The van der Waals surface area contributed by atoms with Gasteiger partial charge in [-0.1, -0.05) is 38.5 Å². The van der Waals surface area contributed by atoms with Gasteiger partial charge in [0, 0.05) is 11.8 Å². The Morgan fingerprint density at radius 3 is 2.67 bits per heavy atom. The number of hydrogen-bond acceptors (Lipinski definition) is 2. The molecule has 2 fully saturated rings. The fourth-order valence-electron chi connectivity index (χ4n) is 5.78. The zero-order valence-corrected chi connectivity index (χ0v) is 18.7. The molecule has 1 aromatic rings. The Labute approximate surface area is 180 Å². The van der Waals surface area contributed by atoms with Gasteiger partial charge in [0.2, 0.25) is 5.91 Å². The number of aliphatic hydroxyl groups excluding tert-OH is 1. The smallest absolute Gasteiger partial charge is 0.248 e. The highest BCUT2D eigenvalue weighted by Gasteiger charge is 2.51. The number of hydrogen-bond donors (Lipinski definition) is 2. The molecule has 0 spiro atoms. The van der Waals surface area contributed by atoms with E-state index in [1.54, 1.807) is 18.2 Å². The first-order valence-electron chi connectivity index (χ1n) is 11.2. The van der Waals surface area contributed by atoms with Gasteiger partial charge in [-0.05, 0) is 92.4 Å². The molecule has 0 heterocycles. The van der Waals surface area contributed by atoms with Crippen LogP contribution in [0, 0.1) is 34.9 Å². The molecule has 0 aromatic heterocycles. The van der Waals surface area contributed by atoms with Crippen LogP contribution in [-0.2, 0) is 4.79 Å². The Hall–Kier alpha value is -1.94. The van der Waals surface area contributed by atoms with Crippen LogP contribution in [0.2, 0.25) is 0 Å². The second-order valence-corrected chi connectivity index (χ2v) is 10.1. The van der Waals surface area contributed by atoms with E-state index in [2.05, 4.69) is 32.7 Å². The molecule has 1 aromatic carbocycles. The van der Waals surface area contributed by atoms with Crippen molar-refractivity contribution in [1.29, 1.82) is 0 Å². The topological polar surface area (TPSA) is 49.3 Å². The average Bonchev–Trinajstić information content (AvgIpc) is 2.67. The zero-order chi connectivity index (χ0) is 22.1. The van der Waals surface area contributed by atoms with E-state index in [1.807, 2.05) is 6.92 Å². The maximum atomic E-state index is 13.0. The first kappa shape index (κ1) is 22.7. The van der Waals surface area contributed by atoms with Gasteiger partial charge in [0.15, 0.2) is 0 Å². The molecule has 30 heavy (non-hydrogen) atoms. The lowest BCUT2D eigenvalue weighted by molar-refractivity contribution is -0.112. The third-order valence-electron chi connectivity index (χ3n) is 7.64. The highest BCUT2D eigenvalue weighted by Crippen LogP contribution is 2.56. The summed E-state index contributed by atoms with van der Waals surface area (Å²) in [5.41, 5.74) is 2.90. The van der Waals surface area contributed by atoms with Gasteiger partial charge in [-0.2, -0.15) is 0 Å². The summed E-state index contributed by atoms with van der Waals surface area (Å²) in [6, 6.07) is 5.79. The number of aliphatic hydroxyl groups is 1. The van der Waals surface area contributed by atoms with Crippen molar-refractivity contribution in [3.05, 3.63) is 53.9 Å². The molecule has 5 unspecified atom stereocenters. The molecule has 3 nitrogen and oxygen atoms in total. The number of nitrogens with one attached hydrogen (secondary N) is 1. The van der Waals surface area contributed by atoms with Gasteiger partial charge < -0.3 is 10.4 Å². The lowest BCUT2D eigenvalue weighted by Crippen LogP contribution is -2.52. The van der Waals surface area contributed by atoms with Crippen molar-refractivity contribution in [3.8, 4) is 0 Å². The van der Waals surface area contributed by atoms with E-state index in [9.17, 15) is 14.3 Å². The van der Waals surface area contributed by atoms with Crippen molar-refractivity contribution in [2.24, 2.45) is 29.1 Å². The first-order valence-corrected chi connectivity index (χ1v) is 11.2. The molecule has 0 radical (unpaired) electrons. The van der Waals surface area contributed by atoms with Crippen LogP contribution in [-0.4, -0.2) is 17.1 Å². The van der Waals surface area contributed by atoms with Gasteiger partial charge in [-0.25, -0.2) is 4.39 Å². The summed E-state index contributed by atoms with van der Waals surface area (Å²) < 4.78 is 13.0. The molecule has 1 amide bonds. The van der Waals surface area contributed by atoms with Crippen LogP contribution in [0.25, 0.3) is 0 Å². The second-order valence-electron chi connectivity index (χ2n) is 10.1. The lowest BCUT2D eigenvalue weighted by atomic mass is 9.50. The van der Waals surface area contributed by atoms with Crippen molar-refractivity contribution in [1.82, 2.24) is 0 Å². The molecule has 5 atom stereocenters. The van der Waals surface area contributed by atoms with Crippen molar-refractivity contribution in [2.45, 2.75) is 65.9 Å². The SMILES string of the molecule is C=C1CCC2C(C(C)CC(O)C2(C)C)C1CCC(C)=CC(=O)Nc1ccc(F)cc1. The van der Waals surface area contributed by atoms with Crippen LogP contribution in [0.15, 0.2) is 48.1 Å². The molecule has 2 aliphatic carbocycles. The molecule has 2 aliphatic rings. The maximum Gasteiger partial charge on any atom is 0.248 e. The predicted octanol–water partition coefficient (Wildman–Crippen LogP) is 6.12. The number of fused-ring (bicyclic) bond motifs is 1. The summed E-state index contributed by atoms with van der Waals surface area (Å²) in [4.78, 5) is 12.3. The molecular weight excluding hydrogens is 377 g/mol. The Balaban J connectivity index is 1.64. The van der Waals surface area contributed by atoms with Gasteiger partial charge >= 0.3 is 0 Å². The van der Waals surface area contributed by atoms with Crippen molar-refractivity contribution < 1.29 is 14.3 Å². The van der Waals surface area contributed by atoms with E-state index in [1.165, 1.54) is 17.7 Å². The summed E-state index contributed by atoms with van der Waals surface area (Å²) in [5, 5.41) is 13.4. The summed E-state index contributed by atoms with van der Waals surface area (Å²) in [6.07, 6.45) is 6.24. The highest BCUT2D eigenvalue weighted by atomic mass is 19.1. The fraction of sp³-hybridized carbons (Fsp3) is 0.577. The molecule has 2 N–H and O–H groups in total. The molecule has 2 saturated carbocycles. The lowest BCUT2D eigenvalue weighted by Gasteiger charge is -2.55. The van der Waals surface area contributed by atoms with E-state index < -0.39 is 0 Å². The minimum atomic E-state index is -0.321. The second kappa shape index (κ2) is 9.05. The Morgan fingerprint density at radius 2 is 2.00 bits per heavy atom. The predicted molar refractivity (Wildman–Crippen MR) is 120 cm³/mol. The third-order valence-corrected chi connectivity index (χ3v) is 7.64. The number of rotatable bonds is 5. The van der Waals surface area contributed by atoms with Crippen LogP contribution in [0.1, 0.15) is 59.8 Å². The number of carbonyl (C=O) groups is 1. The minimum Gasteiger partial charge on any atom is -0.393 e. The van der Waals surface area contributed by atoms with Gasteiger partial charge in [0.25, 0.3) is 0 Å². The summed E-state index contributed by atoms with van der Waals surface area (Å²) in [7, 11) is 0. The summed E-state index contributed by atoms with van der Waals surface area (Å²) in [6.45, 7) is 13.1. The Morgan fingerprint density at radius 1 is 1.33 bits per heavy atom. The van der Waals surface area contributed by atoms with E-state index in [0.717, 1.165) is 37.7 Å². The molecule has 0 bridgehead atoms. The van der Waals surface area contributed by atoms with Crippen molar-refractivity contribution in [3.63, 3.8) is 0 Å². The van der Waals surface area contributed by atoms with Crippen LogP contribution in [0.4, 0.5) is 10.1 Å². The maximum absolute atomic E-state index is 13.0. The first-order chi connectivity index (χ1) is 14.1. The standard InChI is InChI=1S/C26H36FNO2/c1-16(14-24(30)28-20-10-8-19(27)9-11-20)6-12-21-17(2)7-13-22-25(21)18(3)15-23(29)26(22,4)5/h8-11,14,18,21-23,25,29H,2,6-7,12-13,15H2,1,3-5H3,(H,28,30). The number of amides is 1. The van der Waals surface area contributed by atoms with Crippen molar-refractivity contribution >= 4 is 11.6 Å². The van der Waals surface area contributed by atoms with Crippen molar-refractivity contribution in [2.75, 3.05) is 5.32 Å². The number of halogens is 1. The summed E-state index contributed by atoms with van der Waals surface area (Å²) >= 11 is 0. The molecule has 164 valence electrons. The third kappa shape index (κ3) is 4.85. The Kier molecular flexibility index (Phi) is 6.86. The fourth-order valence-corrected chi connectivity index (χ4v) is 5.78. The van der Waals surface area contributed by atoms with E-state index in [0.29, 0.717) is 29.4 Å². The van der Waals surface area contributed by atoms with Crippen LogP contribution in [0.5, 0.6) is 0 Å². The minimum absolute atomic E-state index is 0.0595. The van der Waals surface area contributed by atoms with E-state index in [4.69, 9.17) is 0 Å². The van der Waals surface area contributed by atoms with Crippen LogP contribution in [0.3, 0.4) is 0 Å². The van der Waals surface area contributed by atoms with Crippen LogP contribution < -0.4 is 5.32 Å². The molecule has 0 saturated heterocycles.